The third-order valence-electron chi connectivity index (χ3n) is 4.81. The zero-order valence-electron chi connectivity index (χ0n) is 13.7. The van der Waals surface area contributed by atoms with Crippen molar-refractivity contribution in [2.75, 3.05) is 6.61 Å². The molecule has 3 aromatic carbocycles. The van der Waals surface area contributed by atoms with Gasteiger partial charge in [-0.2, -0.15) is 0 Å². The Morgan fingerprint density at radius 2 is 1.44 bits per heavy atom. The van der Waals surface area contributed by atoms with Crippen molar-refractivity contribution in [3.05, 3.63) is 107 Å². The van der Waals surface area contributed by atoms with E-state index in [0.29, 0.717) is 5.56 Å². The van der Waals surface area contributed by atoms with Gasteiger partial charge in [0.15, 0.2) is 0 Å². The van der Waals surface area contributed by atoms with Crippen molar-refractivity contribution in [1.29, 1.82) is 0 Å². The minimum Gasteiger partial charge on any atom is -0.394 e. The maximum atomic E-state index is 13.2. The number of hydrogen-bond donors (Lipinski definition) is 1. The Hall–Kier alpha value is -2.91. The molecule has 0 fully saturated rings. The molecule has 1 N–H and O–H groups in total. The lowest BCUT2D eigenvalue weighted by Crippen LogP contribution is -2.35. The van der Waals surface area contributed by atoms with E-state index >= 15 is 0 Å². The van der Waals surface area contributed by atoms with Gasteiger partial charge in [0.2, 0.25) is 0 Å². The van der Waals surface area contributed by atoms with Gasteiger partial charge in [0.05, 0.1) is 18.7 Å². The highest BCUT2D eigenvalue weighted by atomic mass is 16.3. The molecule has 0 spiro atoms. The molecule has 3 aromatic rings. The molecular formula is C22H19NO2. The minimum absolute atomic E-state index is 0.0349. The van der Waals surface area contributed by atoms with E-state index in [1.54, 1.807) is 0 Å². The maximum Gasteiger partial charge on any atom is 0.255 e. The van der Waals surface area contributed by atoms with Crippen molar-refractivity contribution in [3.63, 3.8) is 0 Å². The molecular weight excluding hydrogens is 310 g/mol. The molecule has 0 saturated heterocycles. The molecule has 0 radical (unpaired) electrons. The summed E-state index contributed by atoms with van der Waals surface area (Å²) in [5.74, 6) is -0.0349. The second-order valence-corrected chi connectivity index (χ2v) is 6.22. The number of hydrogen-bond acceptors (Lipinski definition) is 2. The molecule has 3 heteroatoms. The summed E-state index contributed by atoms with van der Waals surface area (Å²) in [5, 5.41) is 10.1. The molecule has 25 heavy (non-hydrogen) atoms. The van der Waals surface area contributed by atoms with Crippen molar-refractivity contribution < 1.29 is 9.90 Å². The lowest BCUT2D eigenvalue weighted by Gasteiger charge is -2.33. The van der Waals surface area contributed by atoms with Crippen molar-refractivity contribution in [2.24, 2.45) is 0 Å². The molecule has 0 bridgehead atoms. The van der Waals surface area contributed by atoms with Crippen LogP contribution < -0.4 is 0 Å². The Balaban J connectivity index is 1.86. The number of benzene rings is 3. The summed E-state index contributed by atoms with van der Waals surface area (Å²) in [6.07, 6.45) is 0. The number of aliphatic hydroxyl groups is 1. The number of fused-ring (bicyclic) bond motifs is 1. The average Bonchev–Trinajstić information content (AvgIpc) is 2.97. The summed E-state index contributed by atoms with van der Waals surface area (Å²) in [6, 6.07) is 26.9. The van der Waals surface area contributed by atoms with Gasteiger partial charge in [-0.3, -0.25) is 4.79 Å². The predicted molar refractivity (Wildman–Crippen MR) is 97.2 cm³/mol. The summed E-state index contributed by atoms with van der Waals surface area (Å²) in [5.41, 5.74) is 3.70. The standard InChI is InChI=1S/C22H19NO2/c24-15-20(16-9-3-1-4-10-16)23-21(17-11-5-2-6-12-17)18-13-7-8-14-19(18)22(23)25/h1-14,20-21,24H,15H2/t20-,21-/m1/s1. The Morgan fingerprint density at radius 1 is 0.840 bits per heavy atom. The topological polar surface area (TPSA) is 40.5 Å². The monoisotopic (exact) mass is 329 g/mol. The first-order valence-electron chi connectivity index (χ1n) is 8.43. The highest BCUT2D eigenvalue weighted by Gasteiger charge is 2.41. The van der Waals surface area contributed by atoms with E-state index in [-0.39, 0.29) is 24.6 Å². The van der Waals surface area contributed by atoms with Crippen LogP contribution in [0.3, 0.4) is 0 Å². The Bertz CT molecular complexity index is 877. The molecule has 3 nitrogen and oxygen atoms in total. The zero-order chi connectivity index (χ0) is 17.2. The van der Waals surface area contributed by atoms with Crippen LogP contribution >= 0.6 is 0 Å². The van der Waals surface area contributed by atoms with Crippen molar-refractivity contribution in [3.8, 4) is 0 Å². The van der Waals surface area contributed by atoms with E-state index < -0.39 is 0 Å². The fourth-order valence-corrected chi connectivity index (χ4v) is 3.66. The second-order valence-electron chi connectivity index (χ2n) is 6.22. The van der Waals surface area contributed by atoms with Crippen LogP contribution in [0.2, 0.25) is 0 Å². The molecule has 0 aromatic heterocycles. The highest BCUT2D eigenvalue weighted by Crippen LogP contribution is 2.43. The van der Waals surface area contributed by atoms with Gasteiger partial charge in [-0.15, -0.1) is 0 Å². The van der Waals surface area contributed by atoms with Gasteiger partial charge in [0, 0.05) is 5.56 Å². The molecule has 1 aliphatic heterocycles. The van der Waals surface area contributed by atoms with Crippen LogP contribution in [0.5, 0.6) is 0 Å². The maximum absolute atomic E-state index is 13.2. The largest absolute Gasteiger partial charge is 0.394 e. The summed E-state index contributed by atoms with van der Waals surface area (Å²) in [4.78, 5) is 15.0. The summed E-state index contributed by atoms with van der Waals surface area (Å²) in [7, 11) is 0. The predicted octanol–water partition coefficient (Wildman–Crippen LogP) is 3.97. The van der Waals surface area contributed by atoms with Crippen LogP contribution in [0.1, 0.15) is 39.1 Å². The third-order valence-corrected chi connectivity index (χ3v) is 4.81. The number of nitrogens with zero attached hydrogens (tertiary/aromatic N) is 1. The molecule has 0 saturated carbocycles. The van der Waals surface area contributed by atoms with Gasteiger partial charge in [-0.25, -0.2) is 0 Å². The fourth-order valence-electron chi connectivity index (χ4n) is 3.66. The molecule has 1 amide bonds. The van der Waals surface area contributed by atoms with Gasteiger partial charge >= 0.3 is 0 Å². The Kier molecular flexibility index (Phi) is 4.08. The molecule has 4 rings (SSSR count). The molecule has 2 atom stereocenters. The normalized spacial score (nSPS) is 17.4. The number of carbonyl (C=O) groups is 1. The third kappa shape index (κ3) is 2.63. The van der Waals surface area contributed by atoms with Crippen molar-refractivity contribution in [2.45, 2.75) is 12.1 Å². The Morgan fingerprint density at radius 3 is 2.12 bits per heavy atom. The van der Waals surface area contributed by atoms with Gasteiger partial charge in [0.25, 0.3) is 5.91 Å². The fraction of sp³-hybridized carbons (Fsp3) is 0.136. The van der Waals surface area contributed by atoms with Gasteiger partial charge in [-0.1, -0.05) is 78.9 Å². The molecule has 1 aliphatic rings. The van der Waals surface area contributed by atoms with Crippen LogP contribution in [0.25, 0.3) is 0 Å². The summed E-state index contributed by atoms with van der Waals surface area (Å²) < 4.78 is 0. The second kappa shape index (κ2) is 6.54. The SMILES string of the molecule is O=C1c2ccccc2[C@@H](c2ccccc2)N1[C@H](CO)c1ccccc1. The molecule has 1 heterocycles. The minimum atomic E-state index is -0.383. The van der Waals surface area contributed by atoms with E-state index in [2.05, 4.69) is 0 Å². The van der Waals surface area contributed by atoms with E-state index in [9.17, 15) is 9.90 Å². The van der Waals surface area contributed by atoms with E-state index in [4.69, 9.17) is 0 Å². The Labute approximate surface area is 147 Å². The molecule has 0 aliphatic carbocycles. The van der Waals surface area contributed by atoms with Crippen molar-refractivity contribution in [1.82, 2.24) is 4.90 Å². The van der Waals surface area contributed by atoms with Crippen LogP contribution in [0.4, 0.5) is 0 Å². The highest BCUT2D eigenvalue weighted by molar-refractivity contribution is 6.00. The van der Waals surface area contributed by atoms with Crippen LogP contribution in [0, 0.1) is 0 Å². The first-order chi connectivity index (χ1) is 12.3. The smallest absolute Gasteiger partial charge is 0.255 e. The zero-order valence-corrected chi connectivity index (χ0v) is 13.7. The number of amides is 1. The van der Waals surface area contributed by atoms with Crippen LogP contribution in [0.15, 0.2) is 84.9 Å². The van der Waals surface area contributed by atoms with Gasteiger partial charge in [0.1, 0.15) is 0 Å². The van der Waals surface area contributed by atoms with Crippen LogP contribution in [-0.2, 0) is 0 Å². The number of carbonyl (C=O) groups excluding carboxylic acids is 1. The number of rotatable bonds is 4. The first-order valence-corrected chi connectivity index (χ1v) is 8.43. The summed E-state index contributed by atoms with van der Waals surface area (Å²) in [6.45, 7) is -0.118. The van der Waals surface area contributed by atoms with Gasteiger partial charge in [-0.05, 0) is 22.8 Å². The quantitative estimate of drug-likeness (QED) is 0.787. The van der Waals surface area contributed by atoms with E-state index in [1.807, 2.05) is 89.8 Å². The summed E-state index contributed by atoms with van der Waals surface area (Å²) >= 11 is 0. The van der Waals surface area contributed by atoms with E-state index in [1.165, 1.54) is 0 Å². The average molecular weight is 329 g/mol. The molecule has 0 unspecified atom stereocenters. The van der Waals surface area contributed by atoms with E-state index in [0.717, 1.165) is 16.7 Å². The van der Waals surface area contributed by atoms with Crippen LogP contribution in [-0.4, -0.2) is 22.5 Å². The lowest BCUT2D eigenvalue weighted by atomic mass is 9.96. The lowest BCUT2D eigenvalue weighted by molar-refractivity contribution is 0.0562. The van der Waals surface area contributed by atoms with Gasteiger partial charge < -0.3 is 10.0 Å². The molecule has 124 valence electrons. The van der Waals surface area contributed by atoms with Crippen molar-refractivity contribution >= 4 is 5.91 Å². The first kappa shape index (κ1) is 15.6. The number of aliphatic hydroxyl groups excluding tert-OH is 1.